The van der Waals surface area contributed by atoms with Crippen LogP contribution in [-0.4, -0.2) is 23.7 Å². The first-order valence-electron chi connectivity index (χ1n) is 10.1. The molecule has 1 aliphatic carbocycles. The lowest BCUT2D eigenvalue weighted by Crippen LogP contribution is -2.47. The number of hydrogen-bond acceptors (Lipinski definition) is 5. The van der Waals surface area contributed by atoms with E-state index in [1.807, 2.05) is 7.05 Å². The minimum Gasteiger partial charge on any atom is -0.487 e. The van der Waals surface area contributed by atoms with Crippen LogP contribution in [0.2, 0.25) is 0 Å². The molecule has 5 rings (SSSR count). The van der Waals surface area contributed by atoms with Gasteiger partial charge < -0.3 is 10.5 Å². The summed E-state index contributed by atoms with van der Waals surface area (Å²) < 4.78 is 6.61. The fraction of sp³-hybridized carbons (Fsp3) is 0.435. The van der Waals surface area contributed by atoms with Crippen molar-refractivity contribution >= 4 is 5.96 Å². The topological polar surface area (TPSA) is 60.1 Å². The van der Waals surface area contributed by atoms with Crippen molar-refractivity contribution in [2.75, 3.05) is 7.05 Å². The van der Waals surface area contributed by atoms with Gasteiger partial charge in [-0.1, -0.05) is 42.8 Å². The Labute approximate surface area is 166 Å². The van der Waals surface area contributed by atoms with E-state index in [0.29, 0.717) is 18.3 Å². The van der Waals surface area contributed by atoms with Gasteiger partial charge in [-0.05, 0) is 55.4 Å². The SMILES string of the molecule is Cc1cccc(-c2ccc3c(c2)C2(CC4(CCC(C)C4)O3)N=C(N)N(C)O2)c1. The number of aliphatic imine (C=N–C) groups is 1. The molecule has 1 saturated carbocycles. The van der Waals surface area contributed by atoms with Gasteiger partial charge in [-0.25, -0.2) is 14.9 Å². The third-order valence-corrected chi connectivity index (χ3v) is 6.36. The normalized spacial score (nSPS) is 31.2. The van der Waals surface area contributed by atoms with Crippen molar-refractivity contribution < 1.29 is 9.57 Å². The third kappa shape index (κ3) is 2.68. The van der Waals surface area contributed by atoms with E-state index < -0.39 is 5.72 Å². The van der Waals surface area contributed by atoms with E-state index in [4.69, 9.17) is 20.3 Å². The van der Waals surface area contributed by atoms with E-state index in [-0.39, 0.29) is 5.60 Å². The summed E-state index contributed by atoms with van der Waals surface area (Å²) in [7, 11) is 1.82. The average Bonchev–Trinajstić information content (AvgIpc) is 3.14. The first-order valence-corrected chi connectivity index (χ1v) is 10.1. The summed E-state index contributed by atoms with van der Waals surface area (Å²) >= 11 is 0. The first kappa shape index (κ1) is 17.6. The molecule has 28 heavy (non-hydrogen) atoms. The van der Waals surface area contributed by atoms with Gasteiger partial charge in [0.1, 0.15) is 11.4 Å². The van der Waals surface area contributed by atoms with Crippen LogP contribution in [0.3, 0.4) is 0 Å². The van der Waals surface area contributed by atoms with Gasteiger partial charge in [0.25, 0.3) is 0 Å². The molecule has 0 amide bonds. The number of aryl methyl sites for hydroxylation is 1. The number of rotatable bonds is 1. The maximum Gasteiger partial charge on any atom is 0.222 e. The van der Waals surface area contributed by atoms with Crippen LogP contribution >= 0.6 is 0 Å². The van der Waals surface area contributed by atoms with Gasteiger partial charge in [-0.15, -0.1) is 0 Å². The molecule has 5 heteroatoms. The van der Waals surface area contributed by atoms with Crippen molar-refractivity contribution in [1.82, 2.24) is 5.06 Å². The number of ether oxygens (including phenoxy) is 1. The average molecular weight is 377 g/mol. The van der Waals surface area contributed by atoms with E-state index in [0.717, 1.165) is 29.7 Å². The molecule has 146 valence electrons. The quantitative estimate of drug-likeness (QED) is 0.803. The summed E-state index contributed by atoms with van der Waals surface area (Å²) in [6.45, 7) is 4.40. The van der Waals surface area contributed by atoms with Crippen molar-refractivity contribution in [2.45, 2.75) is 50.9 Å². The Kier molecular flexibility index (Phi) is 3.75. The lowest BCUT2D eigenvalue weighted by molar-refractivity contribution is -0.203. The highest BCUT2D eigenvalue weighted by Crippen LogP contribution is 2.55. The van der Waals surface area contributed by atoms with Crippen LogP contribution in [0, 0.1) is 12.8 Å². The molecule has 0 radical (unpaired) electrons. The molecule has 2 aromatic rings. The molecular formula is C23H27N3O2. The number of benzene rings is 2. The van der Waals surface area contributed by atoms with Crippen LogP contribution < -0.4 is 10.5 Å². The minimum absolute atomic E-state index is 0.230. The Morgan fingerprint density at radius 2 is 2.00 bits per heavy atom. The second-order valence-corrected chi connectivity index (χ2v) is 8.73. The van der Waals surface area contributed by atoms with E-state index in [1.165, 1.54) is 17.5 Å². The Morgan fingerprint density at radius 1 is 1.18 bits per heavy atom. The number of guanidine groups is 1. The summed E-state index contributed by atoms with van der Waals surface area (Å²) in [5.74, 6) is 1.92. The third-order valence-electron chi connectivity index (χ3n) is 6.36. The van der Waals surface area contributed by atoms with Gasteiger partial charge in [0.15, 0.2) is 0 Å². The van der Waals surface area contributed by atoms with Crippen molar-refractivity contribution in [3.05, 3.63) is 53.6 Å². The fourth-order valence-corrected chi connectivity index (χ4v) is 5.06. The lowest BCUT2D eigenvalue weighted by Gasteiger charge is -2.43. The molecule has 2 spiro atoms. The highest BCUT2D eigenvalue weighted by Gasteiger charge is 2.56. The molecule has 0 saturated heterocycles. The zero-order valence-corrected chi connectivity index (χ0v) is 16.7. The smallest absolute Gasteiger partial charge is 0.222 e. The Morgan fingerprint density at radius 3 is 2.68 bits per heavy atom. The number of fused-ring (bicyclic) bond motifs is 2. The Bertz CT molecular complexity index is 972. The minimum atomic E-state index is -0.809. The predicted molar refractivity (Wildman–Crippen MR) is 110 cm³/mol. The van der Waals surface area contributed by atoms with Crippen LogP contribution in [0.1, 0.15) is 43.7 Å². The van der Waals surface area contributed by atoms with E-state index in [2.05, 4.69) is 56.3 Å². The first-order chi connectivity index (χ1) is 13.4. The molecule has 3 atom stereocenters. The highest BCUT2D eigenvalue weighted by molar-refractivity contribution is 5.79. The number of nitrogens with zero attached hydrogens (tertiary/aromatic N) is 2. The van der Waals surface area contributed by atoms with Crippen molar-refractivity contribution in [3.8, 4) is 16.9 Å². The molecule has 2 aliphatic heterocycles. The maximum absolute atomic E-state index is 6.61. The van der Waals surface area contributed by atoms with Crippen LogP contribution in [-0.2, 0) is 10.6 Å². The monoisotopic (exact) mass is 377 g/mol. The molecule has 2 heterocycles. The zero-order chi connectivity index (χ0) is 19.5. The largest absolute Gasteiger partial charge is 0.487 e. The summed E-state index contributed by atoms with van der Waals surface area (Å²) in [5, 5.41) is 1.58. The van der Waals surface area contributed by atoms with Crippen LogP contribution in [0.4, 0.5) is 0 Å². The van der Waals surface area contributed by atoms with Crippen molar-refractivity contribution in [1.29, 1.82) is 0 Å². The molecule has 3 aliphatic rings. The van der Waals surface area contributed by atoms with Crippen molar-refractivity contribution in [2.24, 2.45) is 16.6 Å². The zero-order valence-electron chi connectivity index (χ0n) is 16.7. The molecule has 5 nitrogen and oxygen atoms in total. The van der Waals surface area contributed by atoms with Gasteiger partial charge >= 0.3 is 0 Å². The van der Waals surface area contributed by atoms with Crippen LogP contribution in [0.25, 0.3) is 11.1 Å². The van der Waals surface area contributed by atoms with Gasteiger partial charge in [0.2, 0.25) is 11.7 Å². The number of hydrogen-bond donors (Lipinski definition) is 1. The summed E-state index contributed by atoms with van der Waals surface area (Å²) in [6, 6.07) is 14.9. The van der Waals surface area contributed by atoms with E-state index in [1.54, 1.807) is 5.06 Å². The van der Waals surface area contributed by atoms with Crippen molar-refractivity contribution in [3.63, 3.8) is 0 Å². The summed E-state index contributed by atoms with van der Waals surface area (Å²) in [5.41, 5.74) is 9.60. The Hall–Kier alpha value is -2.53. The van der Waals surface area contributed by atoms with Gasteiger partial charge in [-0.2, -0.15) is 0 Å². The summed E-state index contributed by atoms with van der Waals surface area (Å²) in [4.78, 5) is 11.1. The predicted octanol–water partition coefficient (Wildman–Crippen LogP) is 4.35. The van der Waals surface area contributed by atoms with E-state index in [9.17, 15) is 0 Å². The van der Waals surface area contributed by atoms with E-state index >= 15 is 0 Å². The molecule has 1 fully saturated rings. The summed E-state index contributed by atoms with van der Waals surface area (Å²) in [6.07, 6.45) is 3.91. The second kappa shape index (κ2) is 5.98. The molecule has 2 N–H and O–H groups in total. The molecule has 0 bridgehead atoms. The number of hydroxylamine groups is 2. The van der Waals surface area contributed by atoms with Gasteiger partial charge in [-0.3, -0.25) is 0 Å². The van der Waals surface area contributed by atoms with Crippen LogP contribution in [0.5, 0.6) is 5.75 Å². The van der Waals surface area contributed by atoms with Gasteiger partial charge in [0.05, 0.1) is 5.56 Å². The molecule has 0 aromatic heterocycles. The Balaban J connectivity index is 1.64. The maximum atomic E-state index is 6.61. The van der Waals surface area contributed by atoms with Crippen LogP contribution in [0.15, 0.2) is 47.5 Å². The highest BCUT2D eigenvalue weighted by atomic mass is 16.7. The molecule has 3 unspecified atom stereocenters. The lowest BCUT2D eigenvalue weighted by atomic mass is 9.82. The standard InChI is InChI=1S/C23H27N3O2/c1-15-5-4-6-17(11-15)18-7-8-20-19(12-18)23(25-21(24)26(3)28-23)14-22(27-20)10-9-16(2)13-22/h4-8,11-12,16H,9-10,13-14H2,1-3H3,(H2,24,25). The number of nitrogens with two attached hydrogens (primary N) is 1. The second-order valence-electron chi connectivity index (χ2n) is 8.73. The molecule has 2 aromatic carbocycles. The fourth-order valence-electron chi connectivity index (χ4n) is 5.06. The molecular weight excluding hydrogens is 350 g/mol. The van der Waals surface area contributed by atoms with Gasteiger partial charge in [0, 0.05) is 13.5 Å².